The summed E-state index contributed by atoms with van der Waals surface area (Å²) >= 11 is 5.95. The SMILES string of the molecule is CN(Cc1cccc(Cl)c1)[C@H](C(N)=O)c1ccc(F)cc1. The number of hydrogen-bond donors (Lipinski definition) is 1. The number of nitrogens with zero attached hydrogens (tertiary/aromatic N) is 1. The first-order valence-electron chi connectivity index (χ1n) is 6.47. The zero-order valence-electron chi connectivity index (χ0n) is 11.6. The summed E-state index contributed by atoms with van der Waals surface area (Å²) < 4.78 is 13.0. The molecular formula is C16H16ClFN2O. The van der Waals surface area contributed by atoms with Crippen LogP contribution in [0, 0.1) is 5.82 Å². The second kappa shape index (κ2) is 6.70. The molecule has 0 aromatic heterocycles. The van der Waals surface area contributed by atoms with Crippen molar-refractivity contribution in [2.45, 2.75) is 12.6 Å². The van der Waals surface area contributed by atoms with Gasteiger partial charge in [-0.2, -0.15) is 0 Å². The highest BCUT2D eigenvalue weighted by Crippen LogP contribution is 2.22. The Morgan fingerprint density at radius 3 is 2.52 bits per heavy atom. The van der Waals surface area contributed by atoms with Gasteiger partial charge in [0.05, 0.1) is 0 Å². The zero-order chi connectivity index (χ0) is 15.4. The van der Waals surface area contributed by atoms with Crippen molar-refractivity contribution in [2.75, 3.05) is 7.05 Å². The maximum absolute atomic E-state index is 13.0. The summed E-state index contributed by atoms with van der Waals surface area (Å²) in [6.45, 7) is 0.505. The van der Waals surface area contributed by atoms with Gasteiger partial charge in [0.25, 0.3) is 0 Å². The second-order valence-electron chi connectivity index (χ2n) is 4.90. The quantitative estimate of drug-likeness (QED) is 0.922. The predicted octanol–water partition coefficient (Wildman–Crippen LogP) is 3.14. The van der Waals surface area contributed by atoms with Crippen LogP contribution < -0.4 is 5.73 Å². The van der Waals surface area contributed by atoms with Crippen molar-refractivity contribution in [1.82, 2.24) is 4.90 Å². The summed E-state index contributed by atoms with van der Waals surface area (Å²) in [6.07, 6.45) is 0. The lowest BCUT2D eigenvalue weighted by Gasteiger charge is -2.26. The van der Waals surface area contributed by atoms with Gasteiger partial charge < -0.3 is 5.73 Å². The number of benzene rings is 2. The van der Waals surface area contributed by atoms with E-state index in [4.69, 9.17) is 17.3 Å². The topological polar surface area (TPSA) is 46.3 Å². The smallest absolute Gasteiger partial charge is 0.239 e. The van der Waals surface area contributed by atoms with Crippen molar-refractivity contribution in [2.24, 2.45) is 5.73 Å². The van der Waals surface area contributed by atoms with E-state index in [1.165, 1.54) is 12.1 Å². The molecule has 1 atom stereocenters. The lowest BCUT2D eigenvalue weighted by molar-refractivity contribution is -0.123. The van der Waals surface area contributed by atoms with Gasteiger partial charge >= 0.3 is 0 Å². The first-order chi connectivity index (χ1) is 9.97. The van der Waals surface area contributed by atoms with Gasteiger partial charge in [0.2, 0.25) is 5.91 Å². The van der Waals surface area contributed by atoms with Crippen LogP contribution in [0.25, 0.3) is 0 Å². The van der Waals surface area contributed by atoms with Crippen LogP contribution in [-0.4, -0.2) is 17.9 Å². The molecule has 0 saturated heterocycles. The van der Waals surface area contributed by atoms with Crippen LogP contribution in [0.2, 0.25) is 5.02 Å². The normalized spacial score (nSPS) is 12.4. The highest BCUT2D eigenvalue weighted by Gasteiger charge is 2.23. The fourth-order valence-electron chi connectivity index (χ4n) is 2.30. The highest BCUT2D eigenvalue weighted by atomic mass is 35.5. The Balaban J connectivity index is 2.22. The monoisotopic (exact) mass is 306 g/mol. The highest BCUT2D eigenvalue weighted by molar-refractivity contribution is 6.30. The molecule has 0 fully saturated rings. The lowest BCUT2D eigenvalue weighted by Crippen LogP contribution is -2.35. The molecule has 0 aliphatic rings. The fraction of sp³-hybridized carbons (Fsp3) is 0.188. The maximum atomic E-state index is 13.0. The Hall–Kier alpha value is -1.91. The number of nitrogens with two attached hydrogens (primary N) is 1. The average molecular weight is 307 g/mol. The molecule has 3 nitrogen and oxygen atoms in total. The van der Waals surface area contributed by atoms with E-state index in [0.29, 0.717) is 17.1 Å². The minimum absolute atomic E-state index is 0.348. The molecule has 0 bridgehead atoms. The minimum Gasteiger partial charge on any atom is -0.368 e. The third-order valence-electron chi connectivity index (χ3n) is 3.22. The van der Waals surface area contributed by atoms with Crippen molar-refractivity contribution < 1.29 is 9.18 Å². The first-order valence-corrected chi connectivity index (χ1v) is 6.84. The maximum Gasteiger partial charge on any atom is 0.239 e. The molecule has 0 radical (unpaired) electrons. The summed E-state index contributed by atoms with van der Waals surface area (Å²) in [7, 11) is 1.79. The molecular weight excluding hydrogens is 291 g/mol. The summed E-state index contributed by atoms with van der Waals surface area (Å²) in [4.78, 5) is 13.6. The second-order valence-corrected chi connectivity index (χ2v) is 5.34. The van der Waals surface area contributed by atoms with Gasteiger partial charge in [-0.15, -0.1) is 0 Å². The largest absolute Gasteiger partial charge is 0.368 e. The standard InChI is InChI=1S/C16H16ClFN2O/c1-20(10-11-3-2-4-13(17)9-11)15(16(19)21)12-5-7-14(18)8-6-12/h2-9,15H,10H2,1H3,(H2,19,21)/t15-/m0/s1. The van der Waals surface area contributed by atoms with E-state index in [2.05, 4.69) is 0 Å². The van der Waals surface area contributed by atoms with E-state index in [-0.39, 0.29) is 5.82 Å². The van der Waals surface area contributed by atoms with Crippen LogP contribution in [0.1, 0.15) is 17.2 Å². The van der Waals surface area contributed by atoms with Gasteiger partial charge in [0, 0.05) is 11.6 Å². The average Bonchev–Trinajstić information content (AvgIpc) is 2.41. The van der Waals surface area contributed by atoms with Crippen molar-refractivity contribution in [3.63, 3.8) is 0 Å². The number of hydrogen-bond acceptors (Lipinski definition) is 2. The van der Waals surface area contributed by atoms with Crippen molar-refractivity contribution in [1.29, 1.82) is 0 Å². The fourth-order valence-corrected chi connectivity index (χ4v) is 2.51. The predicted molar refractivity (Wildman–Crippen MR) is 81.3 cm³/mol. The molecule has 2 N–H and O–H groups in total. The van der Waals surface area contributed by atoms with Crippen LogP contribution in [-0.2, 0) is 11.3 Å². The molecule has 0 saturated carbocycles. The number of primary amides is 1. The molecule has 0 aliphatic heterocycles. The Bertz CT molecular complexity index is 630. The number of likely N-dealkylation sites (N-methyl/N-ethyl adjacent to an activating group) is 1. The minimum atomic E-state index is -0.621. The summed E-state index contributed by atoms with van der Waals surface area (Å²) in [5.41, 5.74) is 7.12. The van der Waals surface area contributed by atoms with E-state index in [9.17, 15) is 9.18 Å². The van der Waals surface area contributed by atoms with Crippen LogP contribution >= 0.6 is 11.6 Å². The van der Waals surface area contributed by atoms with E-state index in [1.54, 1.807) is 30.1 Å². The molecule has 21 heavy (non-hydrogen) atoms. The Morgan fingerprint density at radius 1 is 1.29 bits per heavy atom. The van der Waals surface area contributed by atoms with Gasteiger partial charge in [-0.3, -0.25) is 9.69 Å². The Morgan fingerprint density at radius 2 is 1.95 bits per heavy atom. The number of rotatable bonds is 5. The Kier molecular flexibility index (Phi) is 4.94. The van der Waals surface area contributed by atoms with Gasteiger partial charge in [-0.05, 0) is 42.4 Å². The van der Waals surface area contributed by atoms with E-state index in [0.717, 1.165) is 5.56 Å². The lowest BCUT2D eigenvalue weighted by atomic mass is 10.0. The summed E-state index contributed by atoms with van der Waals surface area (Å²) in [5, 5.41) is 0.637. The molecule has 1 amide bonds. The molecule has 0 aliphatic carbocycles. The third kappa shape index (κ3) is 4.03. The summed E-state index contributed by atoms with van der Waals surface area (Å²) in [5.74, 6) is -0.828. The molecule has 2 aromatic rings. The third-order valence-corrected chi connectivity index (χ3v) is 3.45. The van der Waals surface area contributed by atoms with Gasteiger partial charge in [0.1, 0.15) is 11.9 Å². The molecule has 2 aromatic carbocycles. The number of carbonyl (C=O) groups is 1. The summed E-state index contributed by atoms with van der Waals surface area (Å²) in [6, 6.07) is 12.5. The van der Waals surface area contributed by atoms with E-state index >= 15 is 0 Å². The van der Waals surface area contributed by atoms with Crippen LogP contribution in [0.4, 0.5) is 4.39 Å². The molecule has 0 spiro atoms. The Labute approximate surface area is 128 Å². The molecule has 2 rings (SSSR count). The number of carbonyl (C=O) groups excluding carboxylic acids is 1. The van der Waals surface area contributed by atoms with Gasteiger partial charge in [-0.25, -0.2) is 4.39 Å². The van der Waals surface area contributed by atoms with Crippen LogP contribution in [0.5, 0.6) is 0 Å². The molecule has 0 heterocycles. The van der Waals surface area contributed by atoms with Crippen molar-refractivity contribution in [3.05, 3.63) is 70.5 Å². The zero-order valence-corrected chi connectivity index (χ0v) is 12.3. The van der Waals surface area contributed by atoms with Crippen molar-refractivity contribution in [3.8, 4) is 0 Å². The van der Waals surface area contributed by atoms with Crippen molar-refractivity contribution >= 4 is 17.5 Å². The molecule has 5 heteroatoms. The molecule has 110 valence electrons. The first kappa shape index (κ1) is 15.5. The van der Waals surface area contributed by atoms with E-state index < -0.39 is 11.9 Å². The number of amides is 1. The molecule has 0 unspecified atom stereocenters. The van der Waals surface area contributed by atoms with Gasteiger partial charge in [-0.1, -0.05) is 35.9 Å². The number of halogens is 2. The van der Waals surface area contributed by atoms with Gasteiger partial charge in [0.15, 0.2) is 0 Å². The van der Waals surface area contributed by atoms with Crippen LogP contribution in [0.3, 0.4) is 0 Å². The van der Waals surface area contributed by atoms with E-state index in [1.807, 2.05) is 18.2 Å². The van der Waals surface area contributed by atoms with Crippen LogP contribution in [0.15, 0.2) is 48.5 Å².